The molecule has 10 nitrogen and oxygen atoms in total. The molecule has 0 saturated carbocycles. The van der Waals surface area contributed by atoms with E-state index in [0.29, 0.717) is 39.7 Å². The second-order valence-electron chi connectivity index (χ2n) is 7.90. The smallest absolute Gasteiger partial charge is 0.428 e. The van der Waals surface area contributed by atoms with Crippen LogP contribution in [-0.2, 0) is 6.54 Å². The standard InChI is InChI=1S/C23H21N7O3/c1-13-9-17(10-14(2)30(13)32)19-20(16-7-5-4-6-8-16)26-22(24)29-21(19)27-28(23(29)31)11-18-15(3)33-12-25-18/h4-10,12H,11H2,1-3H3,(H2,24,26,27)/p+1. The average molecular weight is 444 g/mol. The summed E-state index contributed by atoms with van der Waals surface area (Å²) in [7, 11) is 0. The fraction of sp³-hybridized carbons (Fsp3) is 0.174. The topological polar surface area (TPSA) is 134 Å². The van der Waals surface area contributed by atoms with Crippen LogP contribution >= 0.6 is 0 Å². The zero-order valence-corrected chi connectivity index (χ0v) is 18.4. The van der Waals surface area contributed by atoms with E-state index in [9.17, 15) is 10.0 Å². The van der Waals surface area contributed by atoms with Gasteiger partial charge in [0.2, 0.25) is 5.65 Å². The van der Waals surface area contributed by atoms with Crippen LogP contribution in [0.1, 0.15) is 22.8 Å². The Labute approximate surface area is 188 Å². The largest absolute Gasteiger partial charge is 0.618 e. The van der Waals surface area contributed by atoms with Crippen molar-refractivity contribution in [3.63, 3.8) is 0 Å². The summed E-state index contributed by atoms with van der Waals surface area (Å²) in [6.45, 7) is 5.44. The van der Waals surface area contributed by atoms with Gasteiger partial charge < -0.3 is 15.4 Å². The number of nitrogens with zero attached hydrogens (tertiary/aromatic N) is 5. The SMILES string of the molecule is Cc1ocnc1Cn1[nH]c2c(-c3cc(C)[n+]([O-])c(C)c3)c(-c3ccccc3)nc(N)[n+]2c1=O. The first-order chi connectivity index (χ1) is 15.8. The number of benzene rings is 1. The molecular weight excluding hydrogens is 422 g/mol. The van der Waals surface area contributed by atoms with E-state index in [-0.39, 0.29) is 18.2 Å². The van der Waals surface area contributed by atoms with Crippen LogP contribution in [0.5, 0.6) is 0 Å². The maximum absolute atomic E-state index is 13.3. The summed E-state index contributed by atoms with van der Waals surface area (Å²) >= 11 is 0. The monoisotopic (exact) mass is 444 g/mol. The summed E-state index contributed by atoms with van der Waals surface area (Å²) in [5.41, 5.74) is 10.9. The average Bonchev–Trinajstić information content (AvgIpc) is 3.35. The molecule has 4 aromatic heterocycles. The Bertz CT molecular complexity index is 1540. The third-order valence-electron chi connectivity index (χ3n) is 5.67. The molecule has 166 valence electrons. The number of rotatable bonds is 4. The summed E-state index contributed by atoms with van der Waals surface area (Å²) in [5, 5.41) is 15.5. The number of nitrogens with two attached hydrogens (primary N) is 1. The number of aromatic nitrogens is 6. The number of hydrogen-bond acceptors (Lipinski definition) is 6. The zero-order valence-electron chi connectivity index (χ0n) is 18.4. The molecular formula is C23H22N7O3+. The minimum Gasteiger partial charge on any atom is -0.618 e. The van der Waals surface area contributed by atoms with Crippen LogP contribution in [0, 0.1) is 26.0 Å². The molecule has 10 heteroatoms. The van der Waals surface area contributed by atoms with Crippen molar-refractivity contribution >= 4 is 11.6 Å². The fourth-order valence-corrected chi connectivity index (χ4v) is 4.00. The zero-order chi connectivity index (χ0) is 23.3. The molecule has 0 atom stereocenters. The number of pyridine rings is 1. The lowest BCUT2D eigenvalue weighted by Crippen LogP contribution is -2.44. The van der Waals surface area contributed by atoms with Gasteiger partial charge in [0, 0.05) is 37.1 Å². The number of nitrogens with one attached hydrogen (secondary N) is 1. The lowest BCUT2D eigenvalue weighted by molar-refractivity contribution is -0.619. The molecule has 33 heavy (non-hydrogen) atoms. The molecule has 0 aliphatic rings. The molecule has 0 aliphatic carbocycles. The summed E-state index contributed by atoms with van der Waals surface area (Å²) < 4.78 is 8.87. The van der Waals surface area contributed by atoms with E-state index >= 15 is 0 Å². The van der Waals surface area contributed by atoms with E-state index < -0.39 is 0 Å². The van der Waals surface area contributed by atoms with Gasteiger partial charge in [0.1, 0.15) is 23.7 Å². The second-order valence-corrected chi connectivity index (χ2v) is 7.90. The molecule has 0 radical (unpaired) electrons. The summed E-state index contributed by atoms with van der Waals surface area (Å²) in [5.74, 6) is 0.670. The first-order valence-corrected chi connectivity index (χ1v) is 10.3. The molecule has 1 aromatic carbocycles. The molecule has 5 rings (SSSR count). The number of anilines is 1. The van der Waals surface area contributed by atoms with Gasteiger partial charge in [-0.2, -0.15) is 9.41 Å². The van der Waals surface area contributed by atoms with Gasteiger partial charge in [0.15, 0.2) is 17.8 Å². The minimum atomic E-state index is -0.387. The van der Waals surface area contributed by atoms with Crippen LogP contribution in [0.3, 0.4) is 0 Å². The van der Waals surface area contributed by atoms with Gasteiger partial charge in [0.05, 0.1) is 5.56 Å². The van der Waals surface area contributed by atoms with Crippen LogP contribution in [0.15, 0.2) is 58.1 Å². The molecule has 0 saturated heterocycles. The van der Waals surface area contributed by atoms with Crippen molar-refractivity contribution in [1.29, 1.82) is 0 Å². The van der Waals surface area contributed by atoms with Gasteiger partial charge in [-0.25, -0.2) is 14.9 Å². The fourth-order valence-electron chi connectivity index (χ4n) is 4.00. The third kappa shape index (κ3) is 3.32. The molecule has 0 aliphatic heterocycles. The number of aromatic amines is 1. The van der Waals surface area contributed by atoms with E-state index in [4.69, 9.17) is 10.2 Å². The number of aryl methyl sites for hydroxylation is 3. The maximum atomic E-state index is 13.3. The Morgan fingerprint density at radius 3 is 2.45 bits per heavy atom. The van der Waals surface area contributed by atoms with Crippen molar-refractivity contribution in [2.75, 3.05) is 5.73 Å². The molecule has 0 unspecified atom stereocenters. The summed E-state index contributed by atoms with van der Waals surface area (Å²) in [6.07, 6.45) is 1.34. The first kappa shape index (κ1) is 20.4. The molecule has 0 spiro atoms. The van der Waals surface area contributed by atoms with Crippen LogP contribution < -0.4 is 20.6 Å². The van der Waals surface area contributed by atoms with Gasteiger partial charge in [0.25, 0.3) is 0 Å². The molecule has 0 fully saturated rings. The van der Waals surface area contributed by atoms with Gasteiger partial charge >= 0.3 is 11.6 Å². The Morgan fingerprint density at radius 1 is 1.12 bits per heavy atom. The predicted octanol–water partition coefficient (Wildman–Crippen LogP) is 1.82. The van der Waals surface area contributed by atoms with E-state index in [1.807, 2.05) is 30.3 Å². The van der Waals surface area contributed by atoms with Crippen molar-refractivity contribution in [3.05, 3.63) is 87.4 Å². The van der Waals surface area contributed by atoms with Crippen molar-refractivity contribution in [3.8, 4) is 22.4 Å². The van der Waals surface area contributed by atoms with E-state index in [1.54, 1.807) is 32.9 Å². The lowest BCUT2D eigenvalue weighted by Gasteiger charge is -2.11. The lowest BCUT2D eigenvalue weighted by atomic mass is 9.99. The highest BCUT2D eigenvalue weighted by molar-refractivity contribution is 5.88. The normalized spacial score (nSPS) is 11.4. The number of hydrogen-bond donors (Lipinski definition) is 2. The van der Waals surface area contributed by atoms with E-state index in [1.165, 1.54) is 15.5 Å². The minimum absolute atomic E-state index is 0.0488. The van der Waals surface area contributed by atoms with Crippen LogP contribution in [0.25, 0.3) is 28.0 Å². The number of nitrogen functional groups attached to an aromatic ring is 1. The second kappa shape index (κ2) is 7.59. The van der Waals surface area contributed by atoms with Crippen LogP contribution in [-0.4, -0.2) is 19.7 Å². The van der Waals surface area contributed by atoms with Crippen molar-refractivity contribution in [2.45, 2.75) is 27.3 Å². The highest BCUT2D eigenvalue weighted by atomic mass is 16.5. The van der Waals surface area contributed by atoms with Gasteiger partial charge in [-0.1, -0.05) is 30.3 Å². The highest BCUT2D eigenvalue weighted by Gasteiger charge is 2.27. The van der Waals surface area contributed by atoms with Crippen LogP contribution in [0.4, 0.5) is 5.95 Å². The molecule has 5 aromatic rings. The van der Waals surface area contributed by atoms with Gasteiger partial charge in [-0.3, -0.25) is 0 Å². The Hall–Kier alpha value is -4.47. The van der Waals surface area contributed by atoms with Gasteiger partial charge in [-0.15, -0.1) is 9.38 Å². The van der Waals surface area contributed by atoms with Crippen molar-refractivity contribution in [1.82, 2.24) is 19.7 Å². The molecule has 0 amide bonds. The Balaban J connectivity index is 1.85. The first-order valence-electron chi connectivity index (χ1n) is 10.3. The third-order valence-corrected chi connectivity index (χ3v) is 5.67. The Kier molecular flexibility index (Phi) is 4.70. The quantitative estimate of drug-likeness (QED) is 0.321. The van der Waals surface area contributed by atoms with E-state index in [2.05, 4.69) is 15.1 Å². The predicted molar refractivity (Wildman–Crippen MR) is 120 cm³/mol. The molecule has 0 bridgehead atoms. The van der Waals surface area contributed by atoms with Gasteiger partial charge in [-0.05, 0) is 6.92 Å². The Morgan fingerprint density at radius 2 is 1.82 bits per heavy atom. The van der Waals surface area contributed by atoms with Crippen molar-refractivity contribution < 1.29 is 13.5 Å². The molecule has 3 N–H and O–H groups in total. The number of fused-ring (bicyclic) bond motifs is 1. The molecule has 4 heterocycles. The van der Waals surface area contributed by atoms with Crippen LogP contribution in [0.2, 0.25) is 0 Å². The van der Waals surface area contributed by atoms with Crippen molar-refractivity contribution in [2.24, 2.45) is 0 Å². The summed E-state index contributed by atoms with van der Waals surface area (Å²) in [6, 6.07) is 13.1. The van der Waals surface area contributed by atoms with E-state index in [0.717, 1.165) is 15.9 Å². The summed E-state index contributed by atoms with van der Waals surface area (Å²) in [4.78, 5) is 22.1. The number of oxazole rings is 1. The maximum Gasteiger partial charge on any atom is 0.428 e. The highest BCUT2D eigenvalue weighted by Crippen LogP contribution is 2.33. The number of H-pyrrole nitrogens is 1.